The van der Waals surface area contributed by atoms with Gasteiger partial charge in [0.1, 0.15) is 0 Å². The highest BCUT2D eigenvalue weighted by Gasteiger charge is 2.35. The molecular weight excluding hydrogens is 366 g/mol. The van der Waals surface area contributed by atoms with Crippen molar-refractivity contribution in [3.63, 3.8) is 0 Å². The van der Waals surface area contributed by atoms with Crippen LogP contribution in [-0.4, -0.2) is 47.7 Å². The molecule has 3 rings (SSSR count). The maximum absolute atomic E-state index is 12.4. The van der Waals surface area contributed by atoms with Gasteiger partial charge in [-0.2, -0.15) is 4.98 Å². The predicted octanol–water partition coefficient (Wildman–Crippen LogP) is 2.54. The van der Waals surface area contributed by atoms with E-state index >= 15 is 0 Å². The van der Waals surface area contributed by atoms with Crippen LogP contribution < -0.4 is 0 Å². The lowest BCUT2D eigenvalue weighted by Crippen LogP contribution is -2.49. The van der Waals surface area contributed by atoms with Gasteiger partial charge < -0.3 is 9.42 Å². The van der Waals surface area contributed by atoms with E-state index in [0.717, 1.165) is 5.56 Å². The summed E-state index contributed by atoms with van der Waals surface area (Å²) in [6, 6.07) is 6.56. The van der Waals surface area contributed by atoms with E-state index in [2.05, 4.69) is 10.1 Å². The summed E-state index contributed by atoms with van der Waals surface area (Å²) >= 11 is 0. The number of aromatic nitrogens is 2. The van der Waals surface area contributed by atoms with Gasteiger partial charge in [0.05, 0.1) is 22.5 Å². The molecule has 0 atom stereocenters. The number of hydrogen-bond acceptors (Lipinski definition) is 6. The average molecular weight is 391 g/mol. The second-order valence-electron chi connectivity index (χ2n) is 7.56. The first-order valence-corrected chi connectivity index (χ1v) is 10.7. The standard InChI is InChI=1S/C19H25N3O4S/c1-12(2)18-20-19(26-21-18)15-10-22(11-15)17(23)9-14-5-7-16(8-6-14)27(24,25)13(3)4/h5-8,12-13,15H,9-11H2,1-4H3. The van der Waals surface area contributed by atoms with Gasteiger partial charge in [0.2, 0.25) is 11.8 Å². The Morgan fingerprint density at radius 1 is 1.19 bits per heavy atom. The Kier molecular flexibility index (Phi) is 5.37. The van der Waals surface area contributed by atoms with E-state index in [1.807, 2.05) is 13.8 Å². The fraction of sp³-hybridized carbons (Fsp3) is 0.526. The summed E-state index contributed by atoms with van der Waals surface area (Å²) in [5.74, 6) is 1.59. The number of nitrogens with zero attached hydrogens (tertiary/aromatic N) is 3. The van der Waals surface area contributed by atoms with Crippen molar-refractivity contribution >= 4 is 15.7 Å². The van der Waals surface area contributed by atoms with Crippen LogP contribution in [0.1, 0.15) is 56.8 Å². The molecule has 0 aliphatic carbocycles. The summed E-state index contributed by atoms with van der Waals surface area (Å²) < 4.78 is 29.6. The van der Waals surface area contributed by atoms with Crippen molar-refractivity contribution in [3.05, 3.63) is 41.5 Å². The Morgan fingerprint density at radius 2 is 1.81 bits per heavy atom. The number of likely N-dealkylation sites (tertiary alicyclic amines) is 1. The minimum atomic E-state index is -3.29. The molecular formula is C19H25N3O4S. The fourth-order valence-corrected chi connectivity index (χ4v) is 3.90. The summed E-state index contributed by atoms with van der Waals surface area (Å²) in [5.41, 5.74) is 0.797. The molecule has 1 saturated heterocycles. The Bertz CT molecular complexity index is 911. The molecule has 1 aliphatic rings. The molecule has 0 radical (unpaired) electrons. The number of benzene rings is 1. The van der Waals surface area contributed by atoms with Crippen molar-refractivity contribution in [1.82, 2.24) is 15.0 Å². The van der Waals surface area contributed by atoms with Crippen LogP contribution in [0.5, 0.6) is 0 Å². The summed E-state index contributed by atoms with van der Waals surface area (Å²) in [6.07, 6.45) is 0.246. The minimum absolute atomic E-state index is 0.00863. The van der Waals surface area contributed by atoms with Crippen LogP contribution in [0.25, 0.3) is 0 Å². The van der Waals surface area contributed by atoms with E-state index in [0.29, 0.717) is 24.8 Å². The van der Waals surface area contributed by atoms with Gasteiger partial charge in [0.15, 0.2) is 15.7 Å². The first-order chi connectivity index (χ1) is 12.7. The molecule has 8 heteroatoms. The Morgan fingerprint density at radius 3 is 2.33 bits per heavy atom. The van der Waals surface area contributed by atoms with E-state index in [4.69, 9.17) is 4.52 Å². The van der Waals surface area contributed by atoms with Crippen molar-refractivity contribution in [1.29, 1.82) is 0 Å². The molecule has 1 amide bonds. The molecule has 1 aromatic carbocycles. The third kappa shape index (κ3) is 4.05. The molecule has 0 bridgehead atoms. The van der Waals surface area contributed by atoms with Gasteiger partial charge in [-0.1, -0.05) is 31.1 Å². The molecule has 0 unspecified atom stereocenters. The third-order valence-electron chi connectivity index (χ3n) is 4.79. The Balaban J connectivity index is 1.56. The van der Waals surface area contributed by atoms with Crippen molar-refractivity contribution in [2.45, 2.75) is 56.1 Å². The van der Waals surface area contributed by atoms with Crippen molar-refractivity contribution in [3.8, 4) is 0 Å². The summed E-state index contributed by atoms with van der Waals surface area (Å²) in [7, 11) is -3.29. The highest BCUT2D eigenvalue weighted by molar-refractivity contribution is 7.92. The SMILES string of the molecule is CC(C)c1noc(C2CN(C(=O)Cc3ccc(S(=O)(=O)C(C)C)cc3)C2)n1. The highest BCUT2D eigenvalue weighted by atomic mass is 32.2. The van der Waals surface area contributed by atoms with Gasteiger partial charge in [-0.15, -0.1) is 0 Å². The molecule has 0 saturated carbocycles. The van der Waals surface area contributed by atoms with Gasteiger partial charge in [-0.25, -0.2) is 8.42 Å². The number of carbonyl (C=O) groups excluding carboxylic acids is 1. The van der Waals surface area contributed by atoms with Gasteiger partial charge in [0.25, 0.3) is 0 Å². The molecule has 1 aliphatic heterocycles. The van der Waals surface area contributed by atoms with Crippen LogP contribution in [0.3, 0.4) is 0 Å². The highest BCUT2D eigenvalue weighted by Crippen LogP contribution is 2.27. The molecule has 1 aromatic heterocycles. The number of rotatable bonds is 6. The molecule has 1 fully saturated rings. The second kappa shape index (κ2) is 7.42. The zero-order valence-electron chi connectivity index (χ0n) is 16.0. The first-order valence-electron chi connectivity index (χ1n) is 9.12. The summed E-state index contributed by atoms with van der Waals surface area (Å²) in [6.45, 7) is 8.45. The number of sulfone groups is 1. The summed E-state index contributed by atoms with van der Waals surface area (Å²) in [4.78, 5) is 18.8. The monoisotopic (exact) mass is 391 g/mol. The van der Waals surface area contributed by atoms with Crippen LogP contribution in [0.4, 0.5) is 0 Å². The van der Waals surface area contributed by atoms with E-state index in [-0.39, 0.29) is 29.1 Å². The maximum Gasteiger partial charge on any atom is 0.233 e. The smallest absolute Gasteiger partial charge is 0.233 e. The molecule has 2 aromatic rings. The predicted molar refractivity (Wildman–Crippen MR) is 100 cm³/mol. The first kappa shape index (κ1) is 19.5. The van der Waals surface area contributed by atoms with Gasteiger partial charge >= 0.3 is 0 Å². The zero-order valence-corrected chi connectivity index (χ0v) is 16.9. The average Bonchev–Trinajstić information content (AvgIpc) is 3.03. The lowest BCUT2D eigenvalue weighted by molar-refractivity contribution is -0.135. The lowest BCUT2D eigenvalue weighted by atomic mass is 9.98. The third-order valence-corrected chi connectivity index (χ3v) is 6.96. The Labute approximate surface area is 159 Å². The molecule has 0 N–H and O–H groups in total. The number of carbonyl (C=O) groups is 1. The maximum atomic E-state index is 12.4. The fourth-order valence-electron chi connectivity index (χ4n) is 2.84. The number of hydrogen-bond donors (Lipinski definition) is 0. The molecule has 7 nitrogen and oxygen atoms in total. The number of amides is 1. The van der Waals surface area contributed by atoms with E-state index in [9.17, 15) is 13.2 Å². The zero-order chi connectivity index (χ0) is 19.8. The summed E-state index contributed by atoms with van der Waals surface area (Å²) in [5, 5.41) is 3.49. The van der Waals surface area contributed by atoms with Crippen molar-refractivity contribution < 1.29 is 17.7 Å². The van der Waals surface area contributed by atoms with Crippen LogP contribution in [0.15, 0.2) is 33.7 Å². The van der Waals surface area contributed by atoms with Crippen molar-refractivity contribution in [2.24, 2.45) is 0 Å². The van der Waals surface area contributed by atoms with Gasteiger partial charge in [0, 0.05) is 19.0 Å². The molecule has 2 heterocycles. The van der Waals surface area contributed by atoms with E-state index in [1.165, 1.54) is 0 Å². The normalized spacial score (nSPS) is 15.4. The largest absolute Gasteiger partial charge is 0.341 e. The topological polar surface area (TPSA) is 93.4 Å². The molecule has 27 heavy (non-hydrogen) atoms. The minimum Gasteiger partial charge on any atom is -0.341 e. The molecule has 0 spiro atoms. The quantitative estimate of drug-likeness (QED) is 0.751. The second-order valence-corrected chi connectivity index (χ2v) is 10.1. The van der Waals surface area contributed by atoms with Crippen LogP contribution in [-0.2, 0) is 21.1 Å². The van der Waals surface area contributed by atoms with Crippen LogP contribution >= 0.6 is 0 Å². The van der Waals surface area contributed by atoms with Gasteiger partial charge in [-0.3, -0.25) is 4.79 Å². The van der Waals surface area contributed by atoms with E-state index < -0.39 is 15.1 Å². The van der Waals surface area contributed by atoms with Crippen LogP contribution in [0.2, 0.25) is 0 Å². The van der Waals surface area contributed by atoms with Crippen LogP contribution in [0, 0.1) is 0 Å². The lowest BCUT2D eigenvalue weighted by Gasteiger charge is -2.37. The van der Waals surface area contributed by atoms with Crippen molar-refractivity contribution in [2.75, 3.05) is 13.1 Å². The Hall–Kier alpha value is -2.22. The van der Waals surface area contributed by atoms with Gasteiger partial charge in [-0.05, 0) is 31.5 Å². The molecule has 146 valence electrons. The van der Waals surface area contributed by atoms with E-state index in [1.54, 1.807) is 43.0 Å².